The van der Waals surface area contributed by atoms with Crippen LogP contribution in [0.4, 0.5) is 13.2 Å². The molecule has 29 heavy (non-hydrogen) atoms. The van der Waals surface area contributed by atoms with Crippen molar-refractivity contribution in [1.82, 2.24) is 19.9 Å². The molecule has 1 N–H and O–H groups in total. The van der Waals surface area contributed by atoms with E-state index in [0.29, 0.717) is 23.4 Å². The highest BCUT2D eigenvalue weighted by Crippen LogP contribution is 2.55. The Hall–Kier alpha value is -2.12. The van der Waals surface area contributed by atoms with Crippen LogP contribution in [0, 0.1) is 17.8 Å². The molecule has 0 atom stereocenters. The molecule has 4 aliphatic rings. The fourth-order valence-corrected chi connectivity index (χ4v) is 6.17. The lowest BCUT2D eigenvalue weighted by Gasteiger charge is -2.56. The van der Waals surface area contributed by atoms with Gasteiger partial charge in [-0.05, 0) is 68.3 Å². The van der Waals surface area contributed by atoms with E-state index < -0.39 is 17.8 Å². The van der Waals surface area contributed by atoms with Crippen molar-refractivity contribution in [3.05, 3.63) is 29.2 Å². The van der Waals surface area contributed by atoms with Crippen molar-refractivity contribution >= 4 is 11.6 Å². The first-order valence-corrected chi connectivity index (χ1v) is 10.4. The van der Waals surface area contributed by atoms with Crippen LogP contribution < -0.4 is 5.32 Å². The molecule has 4 fully saturated rings. The van der Waals surface area contributed by atoms with Gasteiger partial charge in [-0.3, -0.25) is 4.79 Å². The van der Waals surface area contributed by atoms with Gasteiger partial charge in [-0.1, -0.05) is 13.8 Å². The first kappa shape index (κ1) is 18.9. The van der Waals surface area contributed by atoms with E-state index in [4.69, 9.17) is 0 Å². The van der Waals surface area contributed by atoms with E-state index in [9.17, 15) is 18.0 Å². The molecule has 4 aliphatic carbocycles. The second-order valence-corrected chi connectivity index (χ2v) is 9.67. The Balaban J connectivity index is 1.48. The number of fused-ring (bicyclic) bond motifs is 1. The maximum Gasteiger partial charge on any atom is 0.433 e. The summed E-state index contributed by atoms with van der Waals surface area (Å²) in [6.07, 6.45) is 2.09. The Labute approximate surface area is 167 Å². The highest BCUT2D eigenvalue weighted by atomic mass is 19.4. The van der Waals surface area contributed by atoms with Gasteiger partial charge >= 0.3 is 6.18 Å². The number of hydrogen-bond acceptors (Lipinski definition) is 3. The van der Waals surface area contributed by atoms with E-state index in [2.05, 4.69) is 15.4 Å². The number of nitrogens with zero attached hydrogens (tertiary/aromatic N) is 3. The van der Waals surface area contributed by atoms with Crippen LogP contribution in [-0.4, -0.2) is 26.0 Å². The van der Waals surface area contributed by atoms with E-state index in [1.54, 1.807) is 13.8 Å². The van der Waals surface area contributed by atoms with Crippen molar-refractivity contribution in [2.24, 2.45) is 17.8 Å². The van der Waals surface area contributed by atoms with Gasteiger partial charge in [0, 0.05) is 17.3 Å². The number of carbonyl (C=O) groups excluding carboxylic acids is 1. The molecule has 4 saturated carbocycles. The maximum atomic E-state index is 13.6. The zero-order valence-electron chi connectivity index (χ0n) is 16.6. The molecule has 1 amide bonds. The van der Waals surface area contributed by atoms with Gasteiger partial charge in [0.2, 0.25) is 0 Å². The molecule has 0 saturated heterocycles. The number of halogens is 3. The molecule has 0 aromatic carbocycles. The number of rotatable bonds is 3. The van der Waals surface area contributed by atoms with E-state index in [1.807, 2.05) is 0 Å². The lowest BCUT2D eigenvalue weighted by Crippen LogP contribution is -2.59. The lowest BCUT2D eigenvalue weighted by atomic mass is 9.53. The highest BCUT2D eigenvalue weighted by Gasteiger charge is 2.51. The van der Waals surface area contributed by atoms with Gasteiger partial charge in [0.1, 0.15) is 5.69 Å². The number of carbonyl (C=O) groups is 1. The quantitative estimate of drug-likeness (QED) is 0.812. The van der Waals surface area contributed by atoms with Gasteiger partial charge in [-0.25, -0.2) is 9.50 Å². The summed E-state index contributed by atoms with van der Waals surface area (Å²) in [4.78, 5) is 17.3. The minimum absolute atomic E-state index is 0.000323. The number of alkyl halides is 3. The molecule has 5 nitrogen and oxygen atoms in total. The zero-order valence-corrected chi connectivity index (χ0v) is 16.6. The number of amides is 1. The fraction of sp³-hybridized carbons (Fsp3) is 0.667. The molecule has 2 aromatic heterocycles. The fourth-order valence-electron chi connectivity index (χ4n) is 6.17. The van der Waals surface area contributed by atoms with Crippen molar-refractivity contribution in [3.8, 4) is 0 Å². The molecule has 2 aromatic rings. The topological polar surface area (TPSA) is 59.3 Å². The van der Waals surface area contributed by atoms with E-state index in [0.717, 1.165) is 29.8 Å². The Morgan fingerprint density at radius 1 is 1.14 bits per heavy atom. The molecule has 156 valence electrons. The molecule has 2 heterocycles. The van der Waals surface area contributed by atoms with Crippen LogP contribution in [0.3, 0.4) is 0 Å². The Morgan fingerprint density at radius 2 is 1.72 bits per heavy atom. The number of aromatic nitrogens is 3. The third kappa shape index (κ3) is 3.20. The second kappa shape index (κ2) is 6.19. The van der Waals surface area contributed by atoms with E-state index in [-0.39, 0.29) is 22.8 Å². The van der Waals surface area contributed by atoms with Gasteiger partial charge in [0.25, 0.3) is 5.91 Å². The molecule has 6 rings (SSSR count). The lowest BCUT2D eigenvalue weighted by molar-refractivity contribution is -0.142. The van der Waals surface area contributed by atoms with Crippen LogP contribution in [0.1, 0.15) is 80.2 Å². The van der Waals surface area contributed by atoms with Crippen molar-refractivity contribution in [3.63, 3.8) is 0 Å². The van der Waals surface area contributed by atoms with Crippen LogP contribution in [0.2, 0.25) is 0 Å². The van der Waals surface area contributed by atoms with Gasteiger partial charge in [-0.15, -0.1) is 0 Å². The number of nitrogens with one attached hydrogen (secondary N) is 1. The van der Waals surface area contributed by atoms with Crippen LogP contribution in [-0.2, 0) is 6.18 Å². The second-order valence-electron chi connectivity index (χ2n) is 9.67. The Kier molecular flexibility index (Phi) is 4.03. The van der Waals surface area contributed by atoms with E-state index >= 15 is 0 Å². The van der Waals surface area contributed by atoms with Crippen molar-refractivity contribution in [2.75, 3.05) is 0 Å². The van der Waals surface area contributed by atoms with Gasteiger partial charge in [-0.2, -0.15) is 18.3 Å². The van der Waals surface area contributed by atoms with E-state index in [1.165, 1.54) is 25.3 Å². The van der Waals surface area contributed by atoms with Gasteiger partial charge in [0.15, 0.2) is 11.3 Å². The third-order valence-electron chi connectivity index (χ3n) is 6.98. The average Bonchev–Trinajstić information content (AvgIpc) is 3.02. The first-order valence-electron chi connectivity index (χ1n) is 10.4. The van der Waals surface area contributed by atoms with Crippen LogP contribution >= 0.6 is 0 Å². The van der Waals surface area contributed by atoms with Crippen LogP contribution in [0.15, 0.2) is 12.1 Å². The molecule has 8 heteroatoms. The molecule has 0 radical (unpaired) electrons. The van der Waals surface area contributed by atoms with Crippen molar-refractivity contribution in [1.29, 1.82) is 0 Å². The Morgan fingerprint density at radius 3 is 2.24 bits per heavy atom. The zero-order chi connectivity index (χ0) is 20.6. The third-order valence-corrected chi connectivity index (χ3v) is 6.98. The minimum atomic E-state index is -4.58. The molecule has 0 unspecified atom stereocenters. The summed E-state index contributed by atoms with van der Waals surface area (Å²) in [5.74, 6) is 1.43. The molecule has 4 bridgehead atoms. The molecule has 0 spiro atoms. The summed E-state index contributed by atoms with van der Waals surface area (Å²) in [5, 5.41) is 7.17. The summed E-state index contributed by atoms with van der Waals surface area (Å²) < 4.78 is 41.5. The Bertz CT molecular complexity index is 943. The standard InChI is InChI=1S/C21H25F3N4O/c1-11(2)15-6-17(21(22,23)24)28-18(25-15)7-16(27-28)19(29)26-20-8-12-3-13(9-20)5-14(4-12)10-20/h6-7,11-14H,3-5,8-10H2,1-2H3,(H,26,29). The van der Waals surface area contributed by atoms with Gasteiger partial charge < -0.3 is 5.32 Å². The summed E-state index contributed by atoms with van der Waals surface area (Å²) in [7, 11) is 0. The molecular formula is C21H25F3N4O. The largest absolute Gasteiger partial charge is 0.433 e. The number of hydrogen-bond donors (Lipinski definition) is 1. The normalized spacial score (nSPS) is 31.0. The predicted octanol–water partition coefficient (Wildman–Crippen LogP) is 4.57. The SMILES string of the molecule is CC(C)c1cc(C(F)(F)F)n2nc(C(=O)NC34CC5CC(CC(C5)C3)C4)cc2n1. The summed E-state index contributed by atoms with van der Waals surface area (Å²) >= 11 is 0. The van der Waals surface area contributed by atoms with Crippen LogP contribution in [0.25, 0.3) is 5.65 Å². The smallest absolute Gasteiger partial charge is 0.345 e. The summed E-state index contributed by atoms with van der Waals surface area (Å²) in [6.45, 7) is 3.58. The van der Waals surface area contributed by atoms with Gasteiger partial charge in [0.05, 0.1) is 0 Å². The predicted molar refractivity (Wildman–Crippen MR) is 100 cm³/mol. The van der Waals surface area contributed by atoms with Crippen molar-refractivity contribution in [2.45, 2.75) is 70.0 Å². The highest BCUT2D eigenvalue weighted by molar-refractivity contribution is 5.93. The monoisotopic (exact) mass is 406 g/mol. The summed E-state index contributed by atoms with van der Waals surface area (Å²) in [6, 6.07) is 2.39. The summed E-state index contributed by atoms with van der Waals surface area (Å²) in [5.41, 5.74) is -0.734. The first-order chi connectivity index (χ1) is 13.6. The molecular weight excluding hydrogens is 381 g/mol. The van der Waals surface area contributed by atoms with Crippen molar-refractivity contribution < 1.29 is 18.0 Å². The molecule has 0 aliphatic heterocycles. The maximum absolute atomic E-state index is 13.6. The van der Waals surface area contributed by atoms with Crippen LogP contribution in [0.5, 0.6) is 0 Å². The average molecular weight is 406 g/mol. The minimum Gasteiger partial charge on any atom is -0.345 e.